The van der Waals surface area contributed by atoms with Crippen molar-refractivity contribution in [1.82, 2.24) is 24.1 Å². The van der Waals surface area contributed by atoms with Crippen LogP contribution >= 0.6 is 0 Å². The predicted molar refractivity (Wildman–Crippen MR) is 96.0 cm³/mol. The maximum atomic E-state index is 12.1. The summed E-state index contributed by atoms with van der Waals surface area (Å²) in [6, 6.07) is 4.10. The van der Waals surface area contributed by atoms with Crippen LogP contribution in [-0.4, -0.2) is 42.7 Å². The molecule has 0 unspecified atom stereocenters. The average molecular weight is 365 g/mol. The summed E-state index contributed by atoms with van der Waals surface area (Å²) >= 11 is 0. The van der Waals surface area contributed by atoms with Crippen molar-refractivity contribution in [2.45, 2.75) is 37.8 Å². The van der Waals surface area contributed by atoms with E-state index in [2.05, 4.69) is 15.0 Å². The van der Waals surface area contributed by atoms with Gasteiger partial charge in [-0.05, 0) is 31.7 Å². The first-order valence-electron chi connectivity index (χ1n) is 8.82. The molecule has 1 fully saturated rings. The number of amides is 1. The van der Waals surface area contributed by atoms with Crippen LogP contribution in [0, 0.1) is 11.3 Å². The van der Waals surface area contributed by atoms with Gasteiger partial charge in [-0.2, -0.15) is 5.26 Å². The molecule has 0 aliphatic heterocycles. The van der Waals surface area contributed by atoms with Gasteiger partial charge in [0, 0.05) is 24.6 Å². The Balaban J connectivity index is 1.67. The number of hydrogen-bond donors (Lipinski definition) is 1. The van der Waals surface area contributed by atoms with Crippen LogP contribution in [0.25, 0.3) is 17.0 Å². The number of nitrogens with two attached hydrogens (primary N) is 1. The van der Waals surface area contributed by atoms with E-state index >= 15 is 0 Å². The fraction of sp³-hybridized carbons (Fsp3) is 0.389. The molecule has 0 bridgehead atoms. The van der Waals surface area contributed by atoms with Gasteiger partial charge in [-0.1, -0.05) is 0 Å². The summed E-state index contributed by atoms with van der Waals surface area (Å²) in [6.45, 7) is 0.123. The van der Waals surface area contributed by atoms with Crippen molar-refractivity contribution in [3.63, 3.8) is 0 Å². The molecule has 27 heavy (non-hydrogen) atoms. The van der Waals surface area contributed by atoms with Crippen LogP contribution < -0.4 is 5.73 Å². The molecule has 3 aromatic rings. The zero-order valence-electron chi connectivity index (χ0n) is 14.7. The summed E-state index contributed by atoms with van der Waals surface area (Å²) in [5.74, 6) is -0.227. The molecule has 138 valence electrons. The van der Waals surface area contributed by atoms with Crippen LogP contribution in [0.4, 0.5) is 0 Å². The monoisotopic (exact) mass is 365 g/mol. The SMILES string of the molecule is N#CCOC1CCC(n2ccc3nc(-n4ccnc4)nc(C(N)=O)c32)CC1. The van der Waals surface area contributed by atoms with Crippen molar-refractivity contribution < 1.29 is 9.53 Å². The van der Waals surface area contributed by atoms with Crippen molar-refractivity contribution >= 4 is 16.9 Å². The fourth-order valence-electron chi connectivity index (χ4n) is 3.67. The maximum Gasteiger partial charge on any atom is 0.269 e. The summed E-state index contributed by atoms with van der Waals surface area (Å²) < 4.78 is 9.22. The van der Waals surface area contributed by atoms with Gasteiger partial charge in [0.15, 0.2) is 5.69 Å². The second-order valence-electron chi connectivity index (χ2n) is 6.56. The lowest BCUT2D eigenvalue weighted by atomic mass is 9.92. The van der Waals surface area contributed by atoms with Crippen LogP contribution in [0.15, 0.2) is 31.0 Å². The number of primary amides is 1. The number of imidazole rings is 1. The summed E-state index contributed by atoms with van der Waals surface area (Å²) in [7, 11) is 0. The second-order valence-corrected chi connectivity index (χ2v) is 6.56. The van der Waals surface area contributed by atoms with Crippen molar-refractivity contribution in [2.24, 2.45) is 5.73 Å². The normalized spacial score (nSPS) is 19.8. The highest BCUT2D eigenvalue weighted by molar-refractivity contribution is 6.02. The highest BCUT2D eigenvalue weighted by atomic mass is 16.5. The van der Waals surface area contributed by atoms with Gasteiger partial charge in [0.25, 0.3) is 5.91 Å². The Morgan fingerprint density at radius 3 is 2.78 bits per heavy atom. The highest BCUT2D eigenvalue weighted by Crippen LogP contribution is 2.33. The van der Waals surface area contributed by atoms with Crippen LogP contribution in [0.1, 0.15) is 42.2 Å². The van der Waals surface area contributed by atoms with E-state index in [1.54, 1.807) is 23.3 Å². The number of nitrogens with zero attached hydrogens (tertiary/aromatic N) is 6. The number of carbonyl (C=O) groups excluding carboxylic acids is 1. The van der Waals surface area contributed by atoms with E-state index in [1.807, 2.05) is 22.9 Å². The third-order valence-electron chi connectivity index (χ3n) is 4.94. The first-order valence-corrected chi connectivity index (χ1v) is 8.82. The van der Waals surface area contributed by atoms with E-state index in [1.165, 1.54) is 0 Å². The van der Waals surface area contributed by atoms with Gasteiger partial charge in [0.2, 0.25) is 5.95 Å². The topological polar surface area (TPSA) is 125 Å². The van der Waals surface area contributed by atoms with E-state index in [-0.39, 0.29) is 24.4 Å². The molecule has 1 aliphatic carbocycles. The molecular formula is C18H19N7O2. The molecule has 0 atom stereocenters. The highest BCUT2D eigenvalue weighted by Gasteiger charge is 2.26. The summed E-state index contributed by atoms with van der Waals surface area (Å²) in [5, 5.41) is 8.65. The Morgan fingerprint density at radius 2 is 2.11 bits per heavy atom. The Kier molecular flexibility index (Phi) is 4.56. The minimum absolute atomic E-state index is 0.113. The van der Waals surface area contributed by atoms with Crippen molar-refractivity contribution in [3.05, 3.63) is 36.7 Å². The molecule has 0 radical (unpaired) electrons. The number of carbonyl (C=O) groups is 1. The Labute approximate surface area is 155 Å². The predicted octanol–water partition coefficient (Wildman–Crippen LogP) is 1.74. The Bertz CT molecular complexity index is 995. The largest absolute Gasteiger partial charge is 0.364 e. The number of ether oxygens (including phenoxy) is 1. The van der Waals surface area contributed by atoms with Crippen LogP contribution in [0.5, 0.6) is 0 Å². The first kappa shape index (κ1) is 17.2. The van der Waals surface area contributed by atoms with Crippen molar-refractivity contribution in [2.75, 3.05) is 6.61 Å². The van der Waals surface area contributed by atoms with Gasteiger partial charge in [0.05, 0.1) is 23.2 Å². The zero-order valence-corrected chi connectivity index (χ0v) is 14.7. The first-order chi connectivity index (χ1) is 13.2. The van der Waals surface area contributed by atoms with Crippen molar-refractivity contribution in [1.29, 1.82) is 5.26 Å². The van der Waals surface area contributed by atoms with Gasteiger partial charge in [0.1, 0.15) is 12.9 Å². The van der Waals surface area contributed by atoms with Gasteiger partial charge < -0.3 is 15.0 Å². The molecule has 2 N–H and O–H groups in total. The number of rotatable bonds is 5. The van der Waals surface area contributed by atoms with Crippen LogP contribution in [0.3, 0.4) is 0 Å². The maximum absolute atomic E-state index is 12.1. The van der Waals surface area contributed by atoms with Gasteiger partial charge in [-0.25, -0.2) is 15.0 Å². The summed E-state index contributed by atoms with van der Waals surface area (Å²) in [6.07, 6.45) is 10.5. The standard InChI is InChI=1S/C18H19N7O2/c19-6-10-27-13-3-1-12(2-4-13)25-8-5-14-16(25)15(17(20)26)23-18(22-14)24-9-7-21-11-24/h5,7-9,11-13H,1-4,10H2,(H2,20,26). The zero-order chi connectivity index (χ0) is 18.8. The van der Waals surface area contributed by atoms with Gasteiger partial charge in [-0.15, -0.1) is 0 Å². The van der Waals surface area contributed by atoms with E-state index in [4.69, 9.17) is 15.7 Å². The number of fused-ring (bicyclic) bond motifs is 1. The molecule has 0 saturated heterocycles. The fourth-order valence-corrected chi connectivity index (χ4v) is 3.67. The lowest BCUT2D eigenvalue weighted by molar-refractivity contribution is 0.0388. The lowest BCUT2D eigenvalue weighted by Crippen LogP contribution is -2.24. The Morgan fingerprint density at radius 1 is 1.30 bits per heavy atom. The molecule has 9 nitrogen and oxygen atoms in total. The molecule has 1 amide bonds. The van der Waals surface area contributed by atoms with Crippen LogP contribution in [-0.2, 0) is 4.74 Å². The summed E-state index contributed by atoms with van der Waals surface area (Å²) in [5.41, 5.74) is 7.16. The second kappa shape index (κ2) is 7.17. The molecule has 3 heterocycles. The quantitative estimate of drug-likeness (QED) is 0.734. The van der Waals surface area contributed by atoms with Gasteiger partial charge >= 0.3 is 0 Å². The average Bonchev–Trinajstić information content (AvgIpc) is 3.35. The minimum atomic E-state index is -0.588. The van der Waals surface area contributed by atoms with Crippen molar-refractivity contribution in [3.8, 4) is 12.0 Å². The molecular weight excluding hydrogens is 346 g/mol. The molecule has 1 saturated carbocycles. The number of hydrogen-bond acceptors (Lipinski definition) is 6. The van der Waals surface area contributed by atoms with Gasteiger partial charge in [-0.3, -0.25) is 9.36 Å². The van der Waals surface area contributed by atoms with E-state index in [0.29, 0.717) is 17.0 Å². The van der Waals surface area contributed by atoms with E-state index < -0.39 is 5.91 Å². The molecule has 3 aromatic heterocycles. The van der Waals surface area contributed by atoms with Crippen LogP contribution in [0.2, 0.25) is 0 Å². The smallest absolute Gasteiger partial charge is 0.269 e. The Hall–Kier alpha value is -3.25. The third-order valence-corrected chi connectivity index (χ3v) is 4.94. The molecule has 9 heteroatoms. The third kappa shape index (κ3) is 3.27. The van der Waals surface area contributed by atoms with E-state index in [0.717, 1.165) is 25.7 Å². The van der Waals surface area contributed by atoms with E-state index in [9.17, 15) is 4.79 Å². The summed E-state index contributed by atoms with van der Waals surface area (Å²) in [4.78, 5) is 25.0. The minimum Gasteiger partial charge on any atom is -0.364 e. The molecule has 0 spiro atoms. The lowest BCUT2D eigenvalue weighted by Gasteiger charge is -2.29. The molecule has 4 rings (SSSR count). The molecule has 0 aromatic carbocycles. The molecule has 1 aliphatic rings. The number of aromatic nitrogens is 5. The number of nitriles is 1.